The van der Waals surface area contributed by atoms with E-state index in [-0.39, 0.29) is 6.04 Å². The van der Waals surface area contributed by atoms with Crippen molar-refractivity contribution in [3.8, 4) is 0 Å². The van der Waals surface area contributed by atoms with Crippen molar-refractivity contribution >= 4 is 22.1 Å². The van der Waals surface area contributed by atoms with Gasteiger partial charge in [0.1, 0.15) is 0 Å². The van der Waals surface area contributed by atoms with Crippen LogP contribution in [0.4, 0.5) is 0 Å². The van der Waals surface area contributed by atoms with E-state index in [2.05, 4.69) is 52.8 Å². The summed E-state index contributed by atoms with van der Waals surface area (Å²) in [6.45, 7) is 1.97. The van der Waals surface area contributed by atoms with Crippen LogP contribution in [0.1, 0.15) is 29.2 Å². The van der Waals surface area contributed by atoms with E-state index in [9.17, 15) is 0 Å². The van der Waals surface area contributed by atoms with Gasteiger partial charge in [-0.1, -0.05) is 42.5 Å². The predicted molar refractivity (Wildman–Crippen MR) is 81.5 cm³/mol. The molecule has 0 aliphatic rings. The molecular formula is C16H16N2S. The van der Waals surface area contributed by atoms with Gasteiger partial charge in [-0.05, 0) is 23.3 Å². The smallest absolute Gasteiger partial charge is 0.0972 e. The van der Waals surface area contributed by atoms with Gasteiger partial charge in [-0.3, -0.25) is 0 Å². The van der Waals surface area contributed by atoms with Crippen molar-refractivity contribution in [3.05, 3.63) is 64.1 Å². The van der Waals surface area contributed by atoms with Crippen LogP contribution in [0.3, 0.4) is 0 Å². The van der Waals surface area contributed by atoms with E-state index in [1.165, 1.54) is 16.3 Å². The molecule has 0 amide bonds. The maximum absolute atomic E-state index is 5.84. The van der Waals surface area contributed by atoms with Crippen LogP contribution in [-0.2, 0) is 6.42 Å². The highest BCUT2D eigenvalue weighted by Gasteiger charge is 2.06. The largest absolute Gasteiger partial charge is 0.323 e. The van der Waals surface area contributed by atoms with Crippen LogP contribution in [0.2, 0.25) is 0 Å². The number of rotatable bonds is 3. The van der Waals surface area contributed by atoms with Gasteiger partial charge < -0.3 is 5.73 Å². The first-order valence-corrected chi connectivity index (χ1v) is 7.28. The molecule has 0 fully saturated rings. The van der Waals surface area contributed by atoms with E-state index < -0.39 is 0 Å². The van der Waals surface area contributed by atoms with Gasteiger partial charge in [0.2, 0.25) is 0 Å². The SMILES string of the molecule is CC(N)c1csc(Cc2ccc3ccccc3c2)n1. The summed E-state index contributed by atoms with van der Waals surface area (Å²) in [4.78, 5) is 4.58. The summed E-state index contributed by atoms with van der Waals surface area (Å²) in [6.07, 6.45) is 0.877. The molecule has 0 bridgehead atoms. The first kappa shape index (κ1) is 12.3. The predicted octanol–water partition coefficient (Wildman–Crippen LogP) is 3.91. The highest BCUT2D eigenvalue weighted by atomic mass is 32.1. The fourth-order valence-electron chi connectivity index (χ4n) is 2.14. The van der Waals surface area contributed by atoms with Crippen LogP contribution in [0.5, 0.6) is 0 Å². The first-order chi connectivity index (χ1) is 9.22. The maximum Gasteiger partial charge on any atom is 0.0972 e. The van der Waals surface area contributed by atoms with Gasteiger partial charge in [-0.25, -0.2) is 4.98 Å². The Morgan fingerprint density at radius 3 is 2.68 bits per heavy atom. The minimum absolute atomic E-state index is 0.0154. The van der Waals surface area contributed by atoms with Crippen molar-refractivity contribution in [2.45, 2.75) is 19.4 Å². The lowest BCUT2D eigenvalue weighted by Crippen LogP contribution is -2.05. The van der Waals surface area contributed by atoms with E-state index in [1.807, 2.05) is 6.92 Å². The number of benzene rings is 2. The molecule has 1 heterocycles. The molecule has 0 aliphatic carbocycles. The lowest BCUT2D eigenvalue weighted by molar-refractivity contribution is 0.784. The molecule has 2 aromatic carbocycles. The Balaban J connectivity index is 1.87. The Kier molecular flexibility index (Phi) is 3.32. The third-order valence-corrected chi connectivity index (χ3v) is 4.07. The van der Waals surface area contributed by atoms with Crippen molar-refractivity contribution < 1.29 is 0 Å². The minimum atomic E-state index is 0.0154. The van der Waals surface area contributed by atoms with Gasteiger partial charge in [0.15, 0.2) is 0 Å². The van der Waals surface area contributed by atoms with Crippen molar-refractivity contribution in [2.24, 2.45) is 5.73 Å². The Morgan fingerprint density at radius 2 is 1.95 bits per heavy atom. The van der Waals surface area contributed by atoms with E-state index >= 15 is 0 Å². The number of thiazole rings is 1. The molecule has 3 aromatic rings. The molecule has 3 heteroatoms. The van der Waals surface area contributed by atoms with Crippen LogP contribution in [-0.4, -0.2) is 4.98 Å². The molecule has 2 N–H and O–H groups in total. The molecule has 1 aromatic heterocycles. The average Bonchev–Trinajstić information content (AvgIpc) is 2.87. The molecule has 1 unspecified atom stereocenters. The van der Waals surface area contributed by atoms with Crippen molar-refractivity contribution in [1.82, 2.24) is 4.98 Å². The zero-order valence-corrected chi connectivity index (χ0v) is 11.7. The fourth-order valence-corrected chi connectivity index (χ4v) is 3.07. The van der Waals surface area contributed by atoms with Crippen LogP contribution >= 0.6 is 11.3 Å². The number of fused-ring (bicyclic) bond motifs is 1. The summed E-state index contributed by atoms with van der Waals surface area (Å²) in [5, 5.41) is 5.74. The Hall–Kier alpha value is -1.71. The zero-order chi connectivity index (χ0) is 13.2. The van der Waals surface area contributed by atoms with E-state index in [0.717, 1.165) is 17.1 Å². The average molecular weight is 268 g/mol. The van der Waals surface area contributed by atoms with Crippen molar-refractivity contribution in [3.63, 3.8) is 0 Å². The molecule has 0 radical (unpaired) electrons. The summed E-state index contributed by atoms with van der Waals surface area (Å²) < 4.78 is 0. The molecular weight excluding hydrogens is 252 g/mol. The Morgan fingerprint density at radius 1 is 1.16 bits per heavy atom. The van der Waals surface area contributed by atoms with Crippen LogP contribution in [0.15, 0.2) is 47.8 Å². The lowest BCUT2D eigenvalue weighted by atomic mass is 10.1. The molecule has 19 heavy (non-hydrogen) atoms. The summed E-state index contributed by atoms with van der Waals surface area (Å²) >= 11 is 1.69. The van der Waals surface area contributed by atoms with Gasteiger partial charge in [0, 0.05) is 17.8 Å². The van der Waals surface area contributed by atoms with E-state index in [1.54, 1.807) is 11.3 Å². The molecule has 0 saturated heterocycles. The summed E-state index contributed by atoms with van der Waals surface area (Å²) in [5.74, 6) is 0. The standard InChI is InChI=1S/C16H16N2S/c1-11(17)15-10-19-16(18-15)9-12-6-7-13-4-2-3-5-14(13)8-12/h2-8,10-11H,9,17H2,1H3. The normalized spacial score (nSPS) is 12.7. The fraction of sp³-hybridized carbons (Fsp3) is 0.188. The molecule has 96 valence electrons. The van der Waals surface area contributed by atoms with Crippen molar-refractivity contribution in [2.75, 3.05) is 0 Å². The lowest BCUT2D eigenvalue weighted by Gasteiger charge is -2.02. The third-order valence-electron chi connectivity index (χ3n) is 3.21. The number of nitrogens with two attached hydrogens (primary N) is 1. The molecule has 0 aliphatic heterocycles. The topological polar surface area (TPSA) is 38.9 Å². The second kappa shape index (κ2) is 5.11. The third kappa shape index (κ3) is 2.67. The molecule has 0 spiro atoms. The number of nitrogens with zero attached hydrogens (tertiary/aromatic N) is 1. The highest BCUT2D eigenvalue weighted by Crippen LogP contribution is 2.21. The van der Waals surface area contributed by atoms with E-state index in [4.69, 9.17) is 5.73 Å². The molecule has 3 rings (SSSR count). The Bertz CT molecular complexity index is 701. The molecule has 1 atom stereocenters. The van der Waals surface area contributed by atoms with Crippen LogP contribution < -0.4 is 5.73 Å². The second-order valence-corrected chi connectivity index (χ2v) is 5.76. The van der Waals surface area contributed by atoms with Crippen LogP contribution in [0, 0.1) is 0 Å². The van der Waals surface area contributed by atoms with Gasteiger partial charge in [0.25, 0.3) is 0 Å². The summed E-state index contributed by atoms with van der Waals surface area (Å²) in [5.41, 5.74) is 8.12. The van der Waals surface area contributed by atoms with Crippen LogP contribution in [0.25, 0.3) is 10.8 Å². The number of aromatic nitrogens is 1. The van der Waals surface area contributed by atoms with Crippen molar-refractivity contribution in [1.29, 1.82) is 0 Å². The minimum Gasteiger partial charge on any atom is -0.323 e. The van der Waals surface area contributed by atoms with Gasteiger partial charge in [0.05, 0.1) is 10.7 Å². The summed E-state index contributed by atoms with van der Waals surface area (Å²) in [7, 11) is 0. The number of hydrogen-bond donors (Lipinski definition) is 1. The molecule has 2 nitrogen and oxygen atoms in total. The van der Waals surface area contributed by atoms with Gasteiger partial charge >= 0.3 is 0 Å². The maximum atomic E-state index is 5.84. The quantitative estimate of drug-likeness (QED) is 0.782. The monoisotopic (exact) mass is 268 g/mol. The zero-order valence-electron chi connectivity index (χ0n) is 10.8. The summed E-state index contributed by atoms with van der Waals surface area (Å²) in [6, 6.07) is 15.0. The first-order valence-electron chi connectivity index (χ1n) is 6.40. The Labute approximate surface area is 116 Å². The second-order valence-electron chi connectivity index (χ2n) is 4.81. The highest BCUT2D eigenvalue weighted by molar-refractivity contribution is 7.09. The number of hydrogen-bond acceptors (Lipinski definition) is 3. The van der Waals surface area contributed by atoms with Gasteiger partial charge in [-0.15, -0.1) is 11.3 Å². The van der Waals surface area contributed by atoms with E-state index in [0.29, 0.717) is 0 Å². The van der Waals surface area contributed by atoms with Gasteiger partial charge in [-0.2, -0.15) is 0 Å². The molecule has 0 saturated carbocycles.